The summed E-state index contributed by atoms with van der Waals surface area (Å²) in [5.41, 5.74) is 5.29. The Bertz CT molecular complexity index is 623. The van der Waals surface area contributed by atoms with E-state index in [4.69, 9.17) is 4.98 Å². The fourth-order valence-corrected chi connectivity index (χ4v) is 3.00. The molecule has 2 aromatic rings. The predicted molar refractivity (Wildman–Crippen MR) is 75.7 cm³/mol. The fraction of sp³-hybridized carbons (Fsp3) is 0.438. The summed E-state index contributed by atoms with van der Waals surface area (Å²) in [7, 11) is 0. The van der Waals surface area contributed by atoms with Crippen molar-refractivity contribution in [2.75, 3.05) is 6.54 Å². The van der Waals surface area contributed by atoms with Gasteiger partial charge in [-0.05, 0) is 37.5 Å². The van der Waals surface area contributed by atoms with E-state index >= 15 is 0 Å². The summed E-state index contributed by atoms with van der Waals surface area (Å²) >= 11 is 0. The molecule has 19 heavy (non-hydrogen) atoms. The van der Waals surface area contributed by atoms with E-state index in [-0.39, 0.29) is 0 Å². The van der Waals surface area contributed by atoms with Crippen molar-refractivity contribution in [2.45, 2.75) is 38.6 Å². The maximum atomic E-state index is 4.92. The molecule has 1 aromatic heterocycles. The Morgan fingerprint density at radius 1 is 1.32 bits per heavy atom. The first-order valence-electron chi connectivity index (χ1n) is 7.21. The van der Waals surface area contributed by atoms with E-state index in [1.54, 1.807) is 0 Å². The van der Waals surface area contributed by atoms with E-state index in [0.29, 0.717) is 5.92 Å². The van der Waals surface area contributed by atoms with Gasteiger partial charge in [-0.15, -0.1) is 0 Å². The molecule has 1 aliphatic heterocycles. The quantitative estimate of drug-likeness (QED) is 0.892. The van der Waals surface area contributed by atoms with Crippen LogP contribution in [0.4, 0.5) is 0 Å². The third-order valence-electron chi connectivity index (χ3n) is 4.12. The number of benzene rings is 1. The van der Waals surface area contributed by atoms with E-state index in [2.05, 4.69) is 41.1 Å². The van der Waals surface area contributed by atoms with Crippen LogP contribution in [0.3, 0.4) is 0 Å². The molecule has 0 saturated heterocycles. The molecule has 0 amide bonds. The van der Waals surface area contributed by atoms with Crippen LogP contribution in [0.1, 0.15) is 41.5 Å². The minimum Gasteiger partial charge on any atom is -0.311 e. The normalized spacial score (nSPS) is 18.4. The van der Waals surface area contributed by atoms with Crippen molar-refractivity contribution in [3.05, 3.63) is 47.0 Å². The highest BCUT2D eigenvalue weighted by molar-refractivity contribution is 5.42. The van der Waals surface area contributed by atoms with E-state index in [9.17, 15) is 0 Å². The maximum absolute atomic E-state index is 4.92. The van der Waals surface area contributed by atoms with E-state index in [1.165, 1.54) is 41.3 Å². The molecular formula is C16H19N3. The van der Waals surface area contributed by atoms with Crippen LogP contribution in [-0.2, 0) is 13.0 Å². The maximum Gasteiger partial charge on any atom is 0.116 e. The molecule has 98 valence electrons. The van der Waals surface area contributed by atoms with Gasteiger partial charge in [-0.25, -0.2) is 4.98 Å². The SMILES string of the molecule is Cc1cccc(-n2c(C3CC3)nc3c2CCNC3)c1. The van der Waals surface area contributed by atoms with Gasteiger partial charge in [0, 0.05) is 36.8 Å². The first-order valence-corrected chi connectivity index (χ1v) is 7.21. The molecule has 1 saturated carbocycles. The summed E-state index contributed by atoms with van der Waals surface area (Å²) in [5.74, 6) is 1.98. The third kappa shape index (κ3) is 1.89. The molecule has 2 heterocycles. The molecule has 3 heteroatoms. The van der Waals surface area contributed by atoms with Crippen molar-refractivity contribution in [1.29, 1.82) is 0 Å². The van der Waals surface area contributed by atoms with Gasteiger partial charge in [0.15, 0.2) is 0 Å². The lowest BCUT2D eigenvalue weighted by molar-refractivity contribution is 0.620. The largest absolute Gasteiger partial charge is 0.311 e. The molecule has 0 spiro atoms. The van der Waals surface area contributed by atoms with Gasteiger partial charge in [-0.3, -0.25) is 0 Å². The van der Waals surface area contributed by atoms with Crippen LogP contribution >= 0.6 is 0 Å². The standard InChI is InChI=1S/C16H19N3/c1-11-3-2-4-13(9-11)19-15-7-8-17-10-14(15)18-16(19)12-5-6-12/h2-4,9,12,17H,5-8,10H2,1H3. The van der Waals surface area contributed by atoms with Gasteiger partial charge in [-0.1, -0.05) is 12.1 Å². The molecule has 3 nitrogen and oxygen atoms in total. The second kappa shape index (κ2) is 4.20. The van der Waals surface area contributed by atoms with Crippen LogP contribution < -0.4 is 5.32 Å². The van der Waals surface area contributed by atoms with Gasteiger partial charge < -0.3 is 9.88 Å². The molecular weight excluding hydrogens is 234 g/mol. The smallest absolute Gasteiger partial charge is 0.116 e. The minimum atomic E-state index is 0.686. The number of nitrogens with one attached hydrogen (secondary N) is 1. The number of hydrogen-bond donors (Lipinski definition) is 1. The lowest BCUT2D eigenvalue weighted by Crippen LogP contribution is -2.24. The van der Waals surface area contributed by atoms with Gasteiger partial charge in [-0.2, -0.15) is 0 Å². The van der Waals surface area contributed by atoms with Crippen LogP contribution in [0, 0.1) is 6.92 Å². The van der Waals surface area contributed by atoms with E-state index in [0.717, 1.165) is 19.5 Å². The Labute approximate surface area is 113 Å². The fourth-order valence-electron chi connectivity index (χ4n) is 3.00. The molecule has 0 radical (unpaired) electrons. The molecule has 1 aliphatic carbocycles. The van der Waals surface area contributed by atoms with Gasteiger partial charge in [0.1, 0.15) is 5.82 Å². The number of fused-ring (bicyclic) bond motifs is 1. The molecule has 0 unspecified atom stereocenters. The summed E-state index contributed by atoms with van der Waals surface area (Å²) in [6.45, 7) is 4.15. The number of rotatable bonds is 2. The minimum absolute atomic E-state index is 0.686. The Kier molecular flexibility index (Phi) is 2.49. The van der Waals surface area contributed by atoms with Crippen molar-refractivity contribution in [3.63, 3.8) is 0 Å². The Hall–Kier alpha value is -1.61. The van der Waals surface area contributed by atoms with Crippen LogP contribution in [-0.4, -0.2) is 16.1 Å². The van der Waals surface area contributed by atoms with Crippen molar-refractivity contribution < 1.29 is 0 Å². The highest BCUT2D eigenvalue weighted by Crippen LogP contribution is 2.41. The number of hydrogen-bond acceptors (Lipinski definition) is 2. The zero-order chi connectivity index (χ0) is 12.8. The highest BCUT2D eigenvalue weighted by Gasteiger charge is 2.32. The number of aryl methyl sites for hydroxylation is 1. The zero-order valence-corrected chi connectivity index (χ0v) is 11.3. The summed E-state index contributed by atoms with van der Waals surface area (Å²) in [6, 6.07) is 8.79. The first-order chi connectivity index (χ1) is 9.33. The van der Waals surface area contributed by atoms with Crippen LogP contribution in [0.2, 0.25) is 0 Å². The second-order valence-electron chi connectivity index (χ2n) is 5.74. The molecule has 0 bridgehead atoms. The highest BCUT2D eigenvalue weighted by atomic mass is 15.1. The Balaban J connectivity index is 1.91. The zero-order valence-electron chi connectivity index (χ0n) is 11.3. The lowest BCUT2D eigenvalue weighted by Gasteiger charge is -2.16. The number of imidazole rings is 1. The Morgan fingerprint density at radius 3 is 3.00 bits per heavy atom. The number of aromatic nitrogens is 2. The summed E-state index contributed by atoms with van der Waals surface area (Å²) in [5, 5.41) is 3.43. The third-order valence-corrected chi connectivity index (χ3v) is 4.12. The average molecular weight is 253 g/mol. The molecule has 0 atom stereocenters. The molecule has 1 N–H and O–H groups in total. The van der Waals surface area contributed by atoms with Crippen LogP contribution in [0.5, 0.6) is 0 Å². The number of nitrogens with zero attached hydrogens (tertiary/aromatic N) is 2. The summed E-state index contributed by atoms with van der Waals surface area (Å²) in [6.07, 6.45) is 3.69. The lowest BCUT2D eigenvalue weighted by atomic mass is 10.1. The summed E-state index contributed by atoms with van der Waals surface area (Å²) < 4.78 is 2.43. The average Bonchev–Trinajstić information content (AvgIpc) is 3.19. The first kappa shape index (κ1) is 11.2. The molecule has 1 aromatic carbocycles. The monoisotopic (exact) mass is 253 g/mol. The van der Waals surface area contributed by atoms with Crippen LogP contribution in [0.25, 0.3) is 5.69 Å². The van der Waals surface area contributed by atoms with Crippen molar-refractivity contribution in [2.24, 2.45) is 0 Å². The predicted octanol–water partition coefficient (Wildman–Crippen LogP) is 2.70. The summed E-state index contributed by atoms with van der Waals surface area (Å²) in [4.78, 5) is 4.92. The van der Waals surface area contributed by atoms with Gasteiger partial charge in [0.05, 0.1) is 5.69 Å². The molecule has 1 fully saturated rings. The molecule has 2 aliphatic rings. The van der Waals surface area contributed by atoms with Gasteiger partial charge in [0.25, 0.3) is 0 Å². The van der Waals surface area contributed by atoms with Gasteiger partial charge >= 0.3 is 0 Å². The van der Waals surface area contributed by atoms with E-state index < -0.39 is 0 Å². The van der Waals surface area contributed by atoms with E-state index in [1.807, 2.05) is 0 Å². The van der Waals surface area contributed by atoms with Crippen molar-refractivity contribution in [1.82, 2.24) is 14.9 Å². The topological polar surface area (TPSA) is 29.9 Å². The molecule has 4 rings (SSSR count). The van der Waals surface area contributed by atoms with Crippen LogP contribution in [0.15, 0.2) is 24.3 Å². The second-order valence-corrected chi connectivity index (χ2v) is 5.74. The van der Waals surface area contributed by atoms with Gasteiger partial charge in [0.2, 0.25) is 0 Å². The van der Waals surface area contributed by atoms with Crippen molar-refractivity contribution >= 4 is 0 Å². The Morgan fingerprint density at radius 2 is 2.21 bits per heavy atom. The van der Waals surface area contributed by atoms with Crippen molar-refractivity contribution in [3.8, 4) is 5.69 Å².